The van der Waals surface area contributed by atoms with Gasteiger partial charge >= 0.3 is 5.97 Å². The third kappa shape index (κ3) is 4.74. The van der Waals surface area contributed by atoms with E-state index in [1.165, 1.54) is 7.11 Å². The molecule has 20 heavy (non-hydrogen) atoms. The van der Waals surface area contributed by atoms with Crippen molar-refractivity contribution in [2.45, 2.75) is 83.4 Å². The van der Waals surface area contributed by atoms with Gasteiger partial charge in [-0.15, -0.1) is 0 Å². The molecule has 118 valence electrons. The summed E-state index contributed by atoms with van der Waals surface area (Å²) in [7, 11) is 1.47. The smallest absolute Gasteiger partial charge is 0.322 e. The number of hydrogen-bond acceptors (Lipinski definition) is 4. The van der Waals surface area contributed by atoms with Crippen LogP contribution in [0.4, 0.5) is 0 Å². The number of esters is 1. The monoisotopic (exact) mass is 285 g/mol. The lowest BCUT2D eigenvalue weighted by Gasteiger charge is -2.41. The first-order chi connectivity index (χ1) is 9.60. The van der Waals surface area contributed by atoms with Crippen molar-refractivity contribution in [3.63, 3.8) is 0 Å². The molecule has 0 spiro atoms. The zero-order valence-corrected chi connectivity index (χ0v) is 13.5. The van der Waals surface area contributed by atoms with Crippen molar-refractivity contribution in [1.82, 2.24) is 5.32 Å². The minimum atomic E-state index is -0.172. The van der Waals surface area contributed by atoms with Crippen LogP contribution in [0.1, 0.15) is 65.7 Å². The van der Waals surface area contributed by atoms with E-state index in [0.29, 0.717) is 6.04 Å². The summed E-state index contributed by atoms with van der Waals surface area (Å²) in [6.45, 7) is 7.28. The van der Waals surface area contributed by atoms with E-state index in [0.717, 1.165) is 51.6 Å². The Bertz CT molecular complexity index is 289. The van der Waals surface area contributed by atoms with Gasteiger partial charge < -0.3 is 14.8 Å². The summed E-state index contributed by atoms with van der Waals surface area (Å²) >= 11 is 0. The average molecular weight is 285 g/mol. The predicted molar refractivity (Wildman–Crippen MR) is 80.8 cm³/mol. The summed E-state index contributed by atoms with van der Waals surface area (Å²) in [4.78, 5) is 11.9. The highest BCUT2D eigenvalue weighted by Gasteiger charge is 2.36. The summed E-state index contributed by atoms with van der Waals surface area (Å²) in [6, 6.07) is 0.180. The highest BCUT2D eigenvalue weighted by molar-refractivity contribution is 5.75. The van der Waals surface area contributed by atoms with Crippen LogP contribution < -0.4 is 5.32 Å². The SMILES string of the molecule is CCCCC(NC1CCOC(CC)(CC)C1)C(=O)OC. The van der Waals surface area contributed by atoms with Crippen molar-refractivity contribution < 1.29 is 14.3 Å². The minimum Gasteiger partial charge on any atom is -0.468 e. The summed E-state index contributed by atoms with van der Waals surface area (Å²) in [6.07, 6.45) is 7.01. The van der Waals surface area contributed by atoms with Crippen LogP contribution in [0, 0.1) is 0 Å². The van der Waals surface area contributed by atoms with Gasteiger partial charge in [-0.3, -0.25) is 4.79 Å². The number of nitrogens with one attached hydrogen (secondary N) is 1. The van der Waals surface area contributed by atoms with Gasteiger partial charge in [-0.05, 0) is 32.1 Å². The van der Waals surface area contributed by atoms with E-state index in [2.05, 4.69) is 26.1 Å². The maximum atomic E-state index is 11.9. The summed E-state index contributed by atoms with van der Waals surface area (Å²) < 4.78 is 10.9. The molecule has 1 fully saturated rings. The first-order valence-corrected chi connectivity index (χ1v) is 8.08. The molecule has 1 saturated heterocycles. The van der Waals surface area contributed by atoms with Crippen molar-refractivity contribution >= 4 is 5.97 Å². The third-order valence-corrected chi connectivity index (χ3v) is 4.55. The van der Waals surface area contributed by atoms with Crippen molar-refractivity contribution in [2.75, 3.05) is 13.7 Å². The number of unbranched alkanes of at least 4 members (excludes halogenated alkanes) is 1. The van der Waals surface area contributed by atoms with E-state index < -0.39 is 0 Å². The van der Waals surface area contributed by atoms with Crippen LogP contribution in [0.15, 0.2) is 0 Å². The van der Waals surface area contributed by atoms with E-state index >= 15 is 0 Å². The van der Waals surface area contributed by atoms with Crippen LogP contribution in [-0.2, 0) is 14.3 Å². The fourth-order valence-electron chi connectivity index (χ4n) is 3.02. The lowest BCUT2D eigenvalue weighted by molar-refractivity contribution is -0.144. The molecule has 0 aliphatic carbocycles. The second-order valence-electron chi connectivity index (χ2n) is 5.81. The first kappa shape index (κ1) is 17.4. The van der Waals surface area contributed by atoms with Gasteiger partial charge in [0.05, 0.1) is 12.7 Å². The molecule has 0 aromatic rings. The second-order valence-corrected chi connectivity index (χ2v) is 5.81. The highest BCUT2D eigenvalue weighted by Crippen LogP contribution is 2.31. The number of hydrogen-bond donors (Lipinski definition) is 1. The quantitative estimate of drug-likeness (QED) is 0.696. The Kier molecular flexibility index (Phi) is 7.52. The van der Waals surface area contributed by atoms with E-state index in [9.17, 15) is 4.79 Å². The molecule has 4 nitrogen and oxygen atoms in total. The lowest BCUT2D eigenvalue weighted by atomic mass is 9.85. The van der Waals surface area contributed by atoms with Crippen molar-refractivity contribution in [3.05, 3.63) is 0 Å². The van der Waals surface area contributed by atoms with Gasteiger partial charge in [-0.25, -0.2) is 0 Å². The van der Waals surface area contributed by atoms with E-state index in [-0.39, 0.29) is 17.6 Å². The molecule has 2 atom stereocenters. The molecule has 0 aromatic heterocycles. The van der Waals surface area contributed by atoms with Crippen LogP contribution in [0.25, 0.3) is 0 Å². The Morgan fingerprint density at radius 2 is 2.10 bits per heavy atom. The van der Waals surface area contributed by atoms with Gasteiger partial charge in [-0.1, -0.05) is 33.6 Å². The fraction of sp³-hybridized carbons (Fsp3) is 0.938. The summed E-state index contributed by atoms with van der Waals surface area (Å²) in [5, 5.41) is 3.51. The third-order valence-electron chi connectivity index (χ3n) is 4.55. The van der Waals surface area contributed by atoms with E-state index in [4.69, 9.17) is 9.47 Å². The van der Waals surface area contributed by atoms with E-state index in [1.54, 1.807) is 0 Å². The van der Waals surface area contributed by atoms with Crippen LogP contribution >= 0.6 is 0 Å². The van der Waals surface area contributed by atoms with Crippen molar-refractivity contribution in [3.8, 4) is 0 Å². The largest absolute Gasteiger partial charge is 0.468 e. The molecule has 1 rings (SSSR count). The second kappa shape index (κ2) is 8.63. The Labute approximate surface area is 123 Å². The minimum absolute atomic E-state index is 0.0126. The Morgan fingerprint density at radius 1 is 1.40 bits per heavy atom. The molecule has 4 heteroatoms. The number of rotatable bonds is 8. The average Bonchev–Trinajstić information content (AvgIpc) is 2.50. The van der Waals surface area contributed by atoms with Gasteiger partial charge in [-0.2, -0.15) is 0 Å². The van der Waals surface area contributed by atoms with Crippen LogP contribution in [0.2, 0.25) is 0 Å². The molecule has 1 N–H and O–H groups in total. The number of carbonyl (C=O) groups excluding carboxylic acids is 1. The van der Waals surface area contributed by atoms with Crippen LogP contribution in [-0.4, -0.2) is 37.4 Å². The number of carbonyl (C=O) groups is 1. The van der Waals surface area contributed by atoms with Crippen molar-refractivity contribution in [1.29, 1.82) is 0 Å². The summed E-state index contributed by atoms with van der Waals surface area (Å²) in [5.74, 6) is -0.136. The normalized spacial score (nSPS) is 23.3. The van der Waals surface area contributed by atoms with Crippen LogP contribution in [0.3, 0.4) is 0 Å². The Morgan fingerprint density at radius 3 is 2.65 bits per heavy atom. The molecule has 0 amide bonds. The topological polar surface area (TPSA) is 47.6 Å². The van der Waals surface area contributed by atoms with Gasteiger partial charge in [0.2, 0.25) is 0 Å². The van der Waals surface area contributed by atoms with E-state index in [1.807, 2.05) is 0 Å². The van der Waals surface area contributed by atoms with Crippen molar-refractivity contribution in [2.24, 2.45) is 0 Å². The predicted octanol–water partition coefficient (Wildman–Crippen LogP) is 3.05. The molecule has 1 heterocycles. The standard InChI is InChI=1S/C16H31NO3/c1-5-8-9-14(15(18)19-4)17-13-10-11-20-16(6-2,7-3)12-13/h13-14,17H,5-12H2,1-4H3. The highest BCUT2D eigenvalue weighted by atomic mass is 16.5. The molecule has 0 aromatic carbocycles. The molecule has 0 radical (unpaired) electrons. The van der Waals surface area contributed by atoms with Gasteiger partial charge in [0, 0.05) is 12.6 Å². The molecular weight excluding hydrogens is 254 g/mol. The number of methoxy groups -OCH3 is 1. The zero-order chi connectivity index (χ0) is 15.0. The maximum absolute atomic E-state index is 11.9. The molecular formula is C16H31NO3. The van der Waals surface area contributed by atoms with Gasteiger partial charge in [0.1, 0.15) is 6.04 Å². The Hall–Kier alpha value is -0.610. The van der Waals surface area contributed by atoms with Gasteiger partial charge in [0.15, 0.2) is 0 Å². The molecule has 0 bridgehead atoms. The first-order valence-electron chi connectivity index (χ1n) is 8.08. The maximum Gasteiger partial charge on any atom is 0.322 e. The number of ether oxygens (including phenoxy) is 2. The fourth-order valence-corrected chi connectivity index (χ4v) is 3.02. The molecule has 0 saturated carbocycles. The zero-order valence-electron chi connectivity index (χ0n) is 13.5. The molecule has 1 aliphatic rings. The molecule has 2 unspecified atom stereocenters. The van der Waals surface area contributed by atoms with Gasteiger partial charge in [0.25, 0.3) is 0 Å². The summed E-state index contributed by atoms with van der Waals surface area (Å²) in [5.41, 5.74) is -0.0126. The Balaban J connectivity index is 2.60. The molecule has 1 aliphatic heterocycles. The lowest BCUT2D eigenvalue weighted by Crippen LogP contribution is -2.51. The van der Waals surface area contributed by atoms with Crippen LogP contribution in [0.5, 0.6) is 0 Å².